The molecule has 0 unspecified atom stereocenters. The van der Waals surface area contributed by atoms with Crippen LogP contribution in [0, 0.1) is 0 Å². The van der Waals surface area contributed by atoms with Crippen molar-refractivity contribution in [2.24, 2.45) is 0 Å². The summed E-state index contributed by atoms with van der Waals surface area (Å²) in [6, 6.07) is 0. The van der Waals surface area contributed by atoms with Crippen LogP contribution >= 0.6 is 0 Å². The van der Waals surface area contributed by atoms with Crippen LogP contribution < -0.4 is 17.0 Å². The van der Waals surface area contributed by atoms with E-state index in [0.717, 1.165) is 0 Å². The van der Waals surface area contributed by atoms with Gasteiger partial charge < -0.3 is 12.4 Å². The summed E-state index contributed by atoms with van der Waals surface area (Å²) >= 11 is 0. The standard InChI is InChI=1S/C13H25N2.ClH/c1-3-5-7-9-14-11-12-15(13-14)10-8-6-4-2;/h11-13H,3-10H2,1-2H3;1H/q+1;/p-1. The molecule has 3 heteroatoms. The monoisotopic (exact) mass is 244 g/mol. The quantitative estimate of drug-likeness (QED) is 0.455. The zero-order valence-electron chi connectivity index (χ0n) is 10.7. The lowest BCUT2D eigenvalue weighted by molar-refractivity contribution is -0.696. The van der Waals surface area contributed by atoms with Gasteiger partial charge in [-0.3, -0.25) is 0 Å². The van der Waals surface area contributed by atoms with Gasteiger partial charge in [0.25, 0.3) is 0 Å². The number of nitrogens with zero attached hydrogens (tertiary/aromatic N) is 2. The van der Waals surface area contributed by atoms with E-state index in [4.69, 9.17) is 0 Å². The summed E-state index contributed by atoms with van der Waals surface area (Å²) in [5, 5.41) is 0. The number of rotatable bonds is 8. The number of halogens is 1. The van der Waals surface area contributed by atoms with Gasteiger partial charge in [0.2, 0.25) is 6.33 Å². The molecule has 0 aliphatic heterocycles. The molecule has 0 amide bonds. The molecule has 2 nitrogen and oxygen atoms in total. The van der Waals surface area contributed by atoms with Crippen LogP contribution in [0.1, 0.15) is 52.4 Å². The highest BCUT2D eigenvalue weighted by atomic mass is 35.5. The number of hydrogen-bond acceptors (Lipinski definition) is 0. The SMILES string of the molecule is CCCCCn1cc[n+](CCCCC)c1.[Cl-]. The van der Waals surface area contributed by atoms with Crippen LogP contribution in [-0.2, 0) is 13.1 Å². The molecule has 94 valence electrons. The Bertz CT molecular complexity index is 234. The van der Waals surface area contributed by atoms with Gasteiger partial charge in [-0.05, 0) is 25.7 Å². The number of unbranched alkanes of at least 4 members (excludes halogenated alkanes) is 4. The Morgan fingerprint density at radius 2 is 1.69 bits per heavy atom. The van der Waals surface area contributed by atoms with E-state index in [-0.39, 0.29) is 12.4 Å². The lowest BCUT2D eigenvalue weighted by atomic mass is 10.2. The minimum Gasteiger partial charge on any atom is -1.00 e. The van der Waals surface area contributed by atoms with E-state index in [2.05, 4.69) is 41.7 Å². The summed E-state index contributed by atoms with van der Waals surface area (Å²) in [5.74, 6) is 0. The summed E-state index contributed by atoms with van der Waals surface area (Å²) in [4.78, 5) is 0. The van der Waals surface area contributed by atoms with Gasteiger partial charge in [0.15, 0.2) is 0 Å². The molecule has 1 aromatic rings. The fourth-order valence-electron chi connectivity index (χ4n) is 1.79. The molecule has 0 N–H and O–H groups in total. The van der Waals surface area contributed by atoms with Gasteiger partial charge in [-0.2, -0.15) is 0 Å². The molecular weight excluding hydrogens is 220 g/mol. The fraction of sp³-hybridized carbons (Fsp3) is 0.769. The minimum absolute atomic E-state index is 0. The van der Waals surface area contributed by atoms with Crippen molar-refractivity contribution in [3.8, 4) is 0 Å². The molecule has 1 heterocycles. The first-order valence-corrected chi connectivity index (χ1v) is 6.41. The van der Waals surface area contributed by atoms with Gasteiger partial charge in [-0.25, -0.2) is 9.13 Å². The number of imidazole rings is 1. The van der Waals surface area contributed by atoms with Crippen molar-refractivity contribution >= 4 is 0 Å². The normalized spacial score (nSPS) is 10.1. The van der Waals surface area contributed by atoms with Crippen LogP contribution in [0.2, 0.25) is 0 Å². The second-order valence-electron chi connectivity index (χ2n) is 4.30. The van der Waals surface area contributed by atoms with Crippen LogP contribution in [0.3, 0.4) is 0 Å². The van der Waals surface area contributed by atoms with Crippen molar-refractivity contribution < 1.29 is 17.0 Å². The van der Waals surface area contributed by atoms with Crippen molar-refractivity contribution in [3.63, 3.8) is 0 Å². The number of aromatic nitrogens is 2. The highest BCUT2D eigenvalue weighted by molar-refractivity contribution is 4.65. The zero-order chi connectivity index (χ0) is 10.9. The van der Waals surface area contributed by atoms with Crippen molar-refractivity contribution in [1.82, 2.24) is 4.57 Å². The van der Waals surface area contributed by atoms with E-state index in [1.165, 1.54) is 51.6 Å². The fourth-order valence-corrected chi connectivity index (χ4v) is 1.79. The third kappa shape index (κ3) is 6.16. The Morgan fingerprint density at radius 1 is 1.00 bits per heavy atom. The largest absolute Gasteiger partial charge is 1.00 e. The number of aryl methyl sites for hydroxylation is 2. The Kier molecular flexibility index (Phi) is 9.40. The second-order valence-corrected chi connectivity index (χ2v) is 4.30. The molecule has 0 fully saturated rings. The summed E-state index contributed by atoms with van der Waals surface area (Å²) in [6.07, 6.45) is 14.5. The van der Waals surface area contributed by atoms with Crippen LogP contribution in [0.15, 0.2) is 18.7 Å². The highest BCUT2D eigenvalue weighted by Gasteiger charge is 2.02. The smallest absolute Gasteiger partial charge is 0.243 e. The first-order chi connectivity index (χ1) is 7.36. The average molecular weight is 245 g/mol. The van der Waals surface area contributed by atoms with Gasteiger partial charge in [0.1, 0.15) is 12.4 Å². The number of hydrogen-bond donors (Lipinski definition) is 0. The van der Waals surface area contributed by atoms with Gasteiger partial charge in [0, 0.05) is 0 Å². The Morgan fingerprint density at radius 3 is 2.38 bits per heavy atom. The van der Waals surface area contributed by atoms with E-state index < -0.39 is 0 Å². The predicted molar refractivity (Wildman–Crippen MR) is 63.7 cm³/mol. The lowest BCUT2D eigenvalue weighted by Gasteiger charge is -1.96. The van der Waals surface area contributed by atoms with E-state index >= 15 is 0 Å². The van der Waals surface area contributed by atoms with Crippen molar-refractivity contribution in [2.75, 3.05) is 0 Å². The molecule has 0 aromatic carbocycles. The minimum atomic E-state index is 0. The Balaban J connectivity index is 0.00000225. The highest BCUT2D eigenvalue weighted by Crippen LogP contribution is 1.98. The molecule has 1 rings (SSSR count). The van der Waals surface area contributed by atoms with Gasteiger partial charge in [-0.1, -0.05) is 26.7 Å². The van der Waals surface area contributed by atoms with E-state index in [9.17, 15) is 0 Å². The molecular formula is C13H25ClN2. The van der Waals surface area contributed by atoms with E-state index in [0.29, 0.717) is 0 Å². The maximum atomic E-state index is 2.31. The van der Waals surface area contributed by atoms with E-state index in [1.807, 2.05) is 0 Å². The summed E-state index contributed by atoms with van der Waals surface area (Å²) in [5.41, 5.74) is 0. The Labute approximate surface area is 106 Å². The topological polar surface area (TPSA) is 8.81 Å². The van der Waals surface area contributed by atoms with Crippen LogP contribution in [0.25, 0.3) is 0 Å². The first kappa shape index (κ1) is 15.5. The molecule has 0 aliphatic carbocycles. The lowest BCUT2D eigenvalue weighted by Crippen LogP contribution is -3.00. The molecule has 0 saturated heterocycles. The van der Waals surface area contributed by atoms with E-state index in [1.54, 1.807) is 0 Å². The third-order valence-electron chi connectivity index (χ3n) is 2.79. The van der Waals surface area contributed by atoms with Crippen LogP contribution in [0.5, 0.6) is 0 Å². The third-order valence-corrected chi connectivity index (χ3v) is 2.79. The van der Waals surface area contributed by atoms with Crippen molar-refractivity contribution in [2.45, 2.75) is 65.5 Å². The molecule has 0 saturated carbocycles. The van der Waals surface area contributed by atoms with Gasteiger partial charge in [0.05, 0.1) is 13.1 Å². The maximum Gasteiger partial charge on any atom is 0.243 e. The van der Waals surface area contributed by atoms with Crippen LogP contribution in [0.4, 0.5) is 0 Å². The van der Waals surface area contributed by atoms with Gasteiger partial charge >= 0.3 is 0 Å². The molecule has 16 heavy (non-hydrogen) atoms. The average Bonchev–Trinajstić information content (AvgIpc) is 2.67. The zero-order valence-corrected chi connectivity index (χ0v) is 11.4. The molecule has 0 bridgehead atoms. The molecule has 0 spiro atoms. The molecule has 1 aromatic heterocycles. The summed E-state index contributed by atoms with van der Waals surface area (Å²) in [6.45, 7) is 6.85. The molecule has 0 atom stereocenters. The summed E-state index contributed by atoms with van der Waals surface area (Å²) in [7, 11) is 0. The Hall–Kier alpha value is -0.500. The van der Waals surface area contributed by atoms with Crippen molar-refractivity contribution in [1.29, 1.82) is 0 Å². The predicted octanol–water partition coefficient (Wildman–Crippen LogP) is 0.160. The van der Waals surface area contributed by atoms with Crippen molar-refractivity contribution in [3.05, 3.63) is 18.7 Å². The first-order valence-electron chi connectivity index (χ1n) is 6.41. The molecule has 0 radical (unpaired) electrons. The maximum absolute atomic E-state index is 2.31. The van der Waals surface area contributed by atoms with Crippen LogP contribution in [-0.4, -0.2) is 4.57 Å². The van der Waals surface area contributed by atoms with Gasteiger partial charge in [-0.15, -0.1) is 0 Å². The molecule has 0 aliphatic rings. The second kappa shape index (κ2) is 9.71. The summed E-state index contributed by atoms with van der Waals surface area (Å²) < 4.78 is 4.61.